The standard InChI is InChI=1S/C14H18N6O/c1-9-5-11(20-13(19-9)17-8-18-20)15-7-12-16-6-10(21-12)14(2,3)4/h5-6,8,15H,7H2,1-4H3. The van der Waals surface area contributed by atoms with Crippen molar-refractivity contribution in [3.63, 3.8) is 0 Å². The first-order valence-corrected chi connectivity index (χ1v) is 6.80. The second-order valence-electron chi connectivity index (χ2n) is 5.98. The molecule has 21 heavy (non-hydrogen) atoms. The molecule has 0 amide bonds. The van der Waals surface area contributed by atoms with Crippen LogP contribution in [0.1, 0.15) is 38.1 Å². The van der Waals surface area contributed by atoms with Crippen LogP contribution < -0.4 is 5.32 Å². The van der Waals surface area contributed by atoms with Crippen LogP contribution in [0.15, 0.2) is 23.0 Å². The summed E-state index contributed by atoms with van der Waals surface area (Å²) in [5, 5.41) is 7.41. The highest BCUT2D eigenvalue weighted by atomic mass is 16.4. The number of aromatic nitrogens is 5. The van der Waals surface area contributed by atoms with Gasteiger partial charge in [-0.25, -0.2) is 9.97 Å². The maximum absolute atomic E-state index is 5.76. The summed E-state index contributed by atoms with van der Waals surface area (Å²) in [4.78, 5) is 12.7. The third kappa shape index (κ3) is 2.72. The van der Waals surface area contributed by atoms with Gasteiger partial charge in [-0.15, -0.1) is 0 Å². The van der Waals surface area contributed by atoms with Crippen LogP contribution in [0.3, 0.4) is 0 Å². The molecule has 7 heteroatoms. The molecule has 0 aliphatic carbocycles. The predicted octanol–water partition coefficient (Wildman–Crippen LogP) is 2.33. The lowest BCUT2D eigenvalue weighted by Gasteiger charge is -2.13. The lowest BCUT2D eigenvalue weighted by Crippen LogP contribution is -2.09. The Morgan fingerprint density at radius 1 is 1.29 bits per heavy atom. The molecule has 0 bridgehead atoms. The van der Waals surface area contributed by atoms with Gasteiger partial charge in [0.15, 0.2) is 0 Å². The smallest absolute Gasteiger partial charge is 0.254 e. The van der Waals surface area contributed by atoms with E-state index in [-0.39, 0.29) is 5.41 Å². The topological polar surface area (TPSA) is 81.1 Å². The zero-order valence-corrected chi connectivity index (χ0v) is 12.6. The zero-order chi connectivity index (χ0) is 15.0. The first-order chi connectivity index (χ1) is 9.93. The fraction of sp³-hybridized carbons (Fsp3) is 0.429. The molecule has 0 aliphatic rings. The van der Waals surface area contributed by atoms with E-state index < -0.39 is 0 Å². The molecule has 7 nitrogen and oxygen atoms in total. The number of aryl methyl sites for hydroxylation is 1. The van der Waals surface area contributed by atoms with Crippen molar-refractivity contribution in [3.8, 4) is 0 Å². The average Bonchev–Trinajstić information content (AvgIpc) is 3.03. The Balaban J connectivity index is 1.80. The van der Waals surface area contributed by atoms with Gasteiger partial charge in [0.1, 0.15) is 17.9 Å². The number of hydrogen-bond donors (Lipinski definition) is 1. The van der Waals surface area contributed by atoms with Crippen LogP contribution in [0.4, 0.5) is 5.82 Å². The summed E-state index contributed by atoms with van der Waals surface area (Å²) in [5.74, 6) is 2.89. The van der Waals surface area contributed by atoms with Crippen molar-refractivity contribution in [2.24, 2.45) is 0 Å². The Morgan fingerprint density at radius 3 is 2.81 bits per heavy atom. The maximum atomic E-state index is 5.76. The van der Waals surface area contributed by atoms with Gasteiger partial charge in [0.05, 0.1) is 12.7 Å². The average molecular weight is 286 g/mol. The summed E-state index contributed by atoms with van der Waals surface area (Å²) in [6.07, 6.45) is 3.26. The van der Waals surface area contributed by atoms with Crippen LogP contribution in [0.5, 0.6) is 0 Å². The molecule has 0 saturated carbocycles. The zero-order valence-electron chi connectivity index (χ0n) is 12.6. The molecule has 0 saturated heterocycles. The van der Waals surface area contributed by atoms with Gasteiger partial charge in [-0.1, -0.05) is 20.8 Å². The monoisotopic (exact) mass is 286 g/mol. The first kappa shape index (κ1) is 13.5. The Labute approximate surface area is 122 Å². The summed E-state index contributed by atoms with van der Waals surface area (Å²) in [6.45, 7) is 8.68. The van der Waals surface area contributed by atoms with Crippen molar-refractivity contribution >= 4 is 11.6 Å². The van der Waals surface area contributed by atoms with E-state index in [1.165, 1.54) is 6.33 Å². The van der Waals surface area contributed by atoms with E-state index in [2.05, 4.69) is 46.1 Å². The van der Waals surface area contributed by atoms with Gasteiger partial charge in [-0.3, -0.25) is 0 Å². The maximum Gasteiger partial charge on any atom is 0.254 e. The molecule has 0 atom stereocenters. The van der Waals surface area contributed by atoms with Crippen LogP contribution in [-0.4, -0.2) is 24.6 Å². The molecule has 3 heterocycles. The lowest BCUT2D eigenvalue weighted by atomic mass is 9.94. The number of oxazole rings is 1. The lowest BCUT2D eigenvalue weighted by molar-refractivity contribution is 0.385. The number of rotatable bonds is 3. The molecule has 0 unspecified atom stereocenters. The van der Waals surface area contributed by atoms with E-state index in [4.69, 9.17) is 4.42 Å². The van der Waals surface area contributed by atoms with E-state index in [1.54, 1.807) is 10.7 Å². The third-order valence-corrected chi connectivity index (χ3v) is 3.09. The molecular formula is C14H18N6O. The van der Waals surface area contributed by atoms with Gasteiger partial charge >= 0.3 is 0 Å². The summed E-state index contributed by atoms with van der Waals surface area (Å²) in [7, 11) is 0. The molecule has 0 spiro atoms. The molecule has 0 fully saturated rings. The molecule has 0 aromatic carbocycles. The van der Waals surface area contributed by atoms with Crippen molar-refractivity contribution < 1.29 is 4.42 Å². The highest BCUT2D eigenvalue weighted by molar-refractivity contribution is 5.44. The minimum atomic E-state index is -0.0440. The molecule has 3 rings (SSSR count). The first-order valence-electron chi connectivity index (χ1n) is 6.80. The van der Waals surface area contributed by atoms with Crippen LogP contribution >= 0.6 is 0 Å². The normalized spacial score (nSPS) is 12.0. The van der Waals surface area contributed by atoms with E-state index >= 15 is 0 Å². The molecule has 0 aliphatic heterocycles. The highest BCUT2D eigenvalue weighted by Crippen LogP contribution is 2.23. The van der Waals surface area contributed by atoms with Crippen LogP contribution in [0, 0.1) is 6.92 Å². The summed E-state index contributed by atoms with van der Waals surface area (Å²) in [6, 6.07) is 1.91. The van der Waals surface area contributed by atoms with Crippen molar-refractivity contribution in [3.05, 3.63) is 35.9 Å². The third-order valence-electron chi connectivity index (χ3n) is 3.09. The number of anilines is 1. The summed E-state index contributed by atoms with van der Waals surface area (Å²) < 4.78 is 7.41. The fourth-order valence-electron chi connectivity index (χ4n) is 1.96. The molecule has 0 radical (unpaired) electrons. The molecule has 110 valence electrons. The second-order valence-corrected chi connectivity index (χ2v) is 5.98. The number of fused-ring (bicyclic) bond motifs is 1. The minimum Gasteiger partial charge on any atom is -0.443 e. The number of nitrogens with zero attached hydrogens (tertiary/aromatic N) is 5. The highest BCUT2D eigenvalue weighted by Gasteiger charge is 2.19. The van der Waals surface area contributed by atoms with Crippen LogP contribution in [0.25, 0.3) is 5.78 Å². The quantitative estimate of drug-likeness (QED) is 0.796. The SMILES string of the molecule is Cc1cc(NCc2ncc(C(C)(C)C)o2)n2ncnc2n1. The Hall–Kier alpha value is -2.44. The van der Waals surface area contributed by atoms with E-state index in [1.807, 2.05) is 13.0 Å². The van der Waals surface area contributed by atoms with Gasteiger partial charge in [0, 0.05) is 17.2 Å². The van der Waals surface area contributed by atoms with Crippen LogP contribution in [-0.2, 0) is 12.0 Å². The molecule has 3 aromatic heterocycles. The number of nitrogens with one attached hydrogen (secondary N) is 1. The molecule has 1 N–H and O–H groups in total. The van der Waals surface area contributed by atoms with Gasteiger partial charge in [0.2, 0.25) is 5.89 Å². The predicted molar refractivity (Wildman–Crippen MR) is 78.0 cm³/mol. The molecule has 3 aromatic rings. The second kappa shape index (κ2) is 4.83. The Morgan fingerprint density at radius 2 is 2.10 bits per heavy atom. The van der Waals surface area contributed by atoms with Crippen LogP contribution in [0.2, 0.25) is 0 Å². The minimum absolute atomic E-state index is 0.0440. The van der Waals surface area contributed by atoms with Gasteiger partial charge < -0.3 is 9.73 Å². The van der Waals surface area contributed by atoms with E-state index in [9.17, 15) is 0 Å². The largest absolute Gasteiger partial charge is 0.443 e. The number of hydrogen-bond acceptors (Lipinski definition) is 6. The van der Waals surface area contributed by atoms with Crippen molar-refractivity contribution in [1.29, 1.82) is 0 Å². The summed E-state index contributed by atoms with van der Waals surface area (Å²) >= 11 is 0. The molecular weight excluding hydrogens is 268 g/mol. The Kier molecular flexibility index (Phi) is 3.12. The summed E-state index contributed by atoms with van der Waals surface area (Å²) in [5.41, 5.74) is 0.832. The van der Waals surface area contributed by atoms with Gasteiger partial charge in [-0.05, 0) is 6.92 Å². The van der Waals surface area contributed by atoms with E-state index in [0.29, 0.717) is 18.2 Å². The fourth-order valence-corrected chi connectivity index (χ4v) is 1.96. The van der Waals surface area contributed by atoms with Gasteiger partial charge in [0.25, 0.3) is 5.78 Å². The van der Waals surface area contributed by atoms with E-state index in [0.717, 1.165) is 17.3 Å². The Bertz CT molecular complexity index is 767. The van der Waals surface area contributed by atoms with Gasteiger partial charge in [-0.2, -0.15) is 14.6 Å². The van der Waals surface area contributed by atoms with Crippen molar-refractivity contribution in [2.45, 2.75) is 39.7 Å². The van der Waals surface area contributed by atoms with Crippen molar-refractivity contribution in [1.82, 2.24) is 24.6 Å². The van der Waals surface area contributed by atoms with Crippen molar-refractivity contribution in [2.75, 3.05) is 5.32 Å².